The van der Waals surface area contributed by atoms with E-state index in [1.807, 2.05) is 35.0 Å². The Labute approximate surface area is 217 Å². The van der Waals surface area contributed by atoms with Crippen LogP contribution in [0, 0.1) is 0 Å². The van der Waals surface area contributed by atoms with Crippen LogP contribution in [-0.4, -0.2) is 42.2 Å². The molecule has 4 rings (SSSR count). The third kappa shape index (κ3) is 6.84. The predicted molar refractivity (Wildman–Crippen MR) is 149 cm³/mol. The van der Waals surface area contributed by atoms with Gasteiger partial charge in [-0.25, -0.2) is 9.97 Å². The highest BCUT2D eigenvalue weighted by Crippen LogP contribution is 2.32. The SMILES string of the molecule is C=CC(=O)Nc1cccc(Oc2cnc3c(n2)c(-c2ccc(OC)cc2)cn3COCC[Si](C)(C)C)c1. The van der Waals surface area contributed by atoms with E-state index in [-0.39, 0.29) is 5.91 Å². The monoisotopic (exact) mass is 516 g/mol. The molecule has 2 heterocycles. The van der Waals surface area contributed by atoms with Crippen LogP contribution in [0.1, 0.15) is 0 Å². The Morgan fingerprint density at radius 3 is 2.62 bits per heavy atom. The van der Waals surface area contributed by atoms with Crippen molar-refractivity contribution in [3.8, 4) is 28.5 Å². The Morgan fingerprint density at radius 2 is 1.92 bits per heavy atom. The molecule has 8 nitrogen and oxygen atoms in total. The molecule has 0 bridgehead atoms. The van der Waals surface area contributed by atoms with Gasteiger partial charge in [-0.15, -0.1) is 0 Å². The van der Waals surface area contributed by atoms with Crippen molar-refractivity contribution in [2.75, 3.05) is 19.0 Å². The summed E-state index contributed by atoms with van der Waals surface area (Å²) in [6, 6.07) is 16.0. The van der Waals surface area contributed by atoms with E-state index < -0.39 is 8.07 Å². The summed E-state index contributed by atoms with van der Waals surface area (Å²) in [4.78, 5) is 21.1. The maximum absolute atomic E-state index is 11.6. The molecule has 0 aliphatic carbocycles. The molecule has 2 aromatic heterocycles. The van der Waals surface area contributed by atoms with Crippen LogP contribution in [0.2, 0.25) is 25.7 Å². The topological polar surface area (TPSA) is 87.5 Å². The van der Waals surface area contributed by atoms with Gasteiger partial charge in [0.25, 0.3) is 0 Å². The number of carbonyl (C=O) groups excluding carboxylic acids is 1. The second-order valence-electron chi connectivity index (χ2n) is 9.79. The molecule has 2 aromatic carbocycles. The number of nitrogens with zero attached hydrogens (tertiary/aromatic N) is 3. The Bertz CT molecular complexity index is 1390. The highest BCUT2D eigenvalue weighted by molar-refractivity contribution is 6.76. The summed E-state index contributed by atoms with van der Waals surface area (Å²) in [5, 5.41) is 2.73. The van der Waals surface area contributed by atoms with E-state index in [4.69, 9.17) is 19.2 Å². The highest BCUT2D eigenvalue weighted by atomic mass is 28.3. The number of nitrogens with one attached hydrogen (secondary N) is 1. The van der Waals surface area contributed by atoms with Crippen LogP contribution in [0.25, 0.3) is 22.3 Å². The van der Waals surface area contributed by atoms with Crippen molar-refractivity contribution < 1.29 is 19.0 Å². The quantitative estimate of drug-likeness (QED) is 0.142. The highest BCUT2D eigenvalue weighted by Gasteiger charge is 2.16. The molecular formula is C28H32N4O4Si. The molecule has 1 N–H and O–H groups in total. The minimum absolute atomic E-state index is 0.295. The third-order valence-corrected chi connectivity index (χ3v) is 7.38. The summed E-state index contributed by atoms with van der Waals surface area (Å²) in [7, 11) is 0.460. The van der Waals surface area contributed by atoms with Crippen LogP contribution >= 0.6 is 0 Å². The summed E-state index contributed by atoms with van der Waals surface area (Å²) in [5.41, 5.74) is 3.89. The van der Waals surface area contributed by atoms with Crippen LogP contribution in [-0.2, 0) is 16.3 Å². The van der Waals surface area contributed by atoms with Gasteiger partial charge < -0.3 is 24.1 Å². The zero-order valence-electron chi connectivity index (χ0n) is 21.7. The van der Waals surface area contributed by atoms with E-state index in [2.05, 4.69) is 36.5 Å². The van der Waals surface area contributed by atoms with E-state index in [1.54, 1.807) is 37.6 Å². The molecule has 192 valence electrons. The summed E-state index contributed by atoms with van der Waals surface area (Å²) in [6.45, 7) is 11.6. The van der Waals surface area contributed by atoms with Crippen molar-refractivity contribution in [3.05, 3.63) is 73.6 Å². The number of hydrogen-bond donors (Lipinski definition) is 1. The largest absolute Gasteiger partial charge is 0.497 e. The van der Waals surface area contributed by atoms with Gasteiger partial charge >= 0.3 is 0 Å². The number of rotatable bonds is 11. The fourth-order valence-electron chi connectivity index (χ4n) is 3.66. The van der Waals surface area contributed by atoms with Gasteiger partial charge in [-0.2, -0.15) is 0 Å². The van der Waals surface area contributed by atoms with Crippen LogP contribution in [0.15, 0.2) is 73.6 Å². The smallest absolute Gasteiger partial charge is 0.247 e. The van der Waals surface area contributed by atoms with Crippen molar-refractivity contribution >= 4 is 30.8 Å². The maximum atomic E-state index is 11.6. The lowest BCUT2D eigenvalue weighted by atomic mass is 10.1. The molecule has 0 saturated heterocycles. The summed E-state index contributed by atoms with van der Waals surface area (Å²) in [5.74, 6) is 1.35. The first-order valence-corrected chi connectivity index (χ1v) is 15.8. The number of benzene rings is 2. The molecule has 0 spiro atoms. The molecule has 0 saturated carbocycles. The minimum atomic E-state index is -1.18. The van der Waals surface area contributed by atoms with E-state index >= 15 is 0 Å². The van der Waals surface area contributed by atoms with Gasteiger partial charge in [-0.05, 0) is 41.9 Å². The molecule has 4 aromatic rings. The molecule has 0 unspecified atom stereocenters. The van der Waals surface area contributed by atoms with E-state index in [1.165, 1.54) is 6.08 Å². The Kier molecular flexibility index (Phi) is 8.05. The lowest BCUT2D eigenvalue weighted by molar-refractivity contribution is -0.111. The van der Waals surface area contributed by atoms with Gasteiger partial charge in [-0.3, -0.25) is 4.79 Å². The first-order chi connectivity index (χ1) is 17.8. The Morgan fingerprint density at radius 1 is 1.14 bits per heavy atom. The second kappa shape index (κ2) is 11.4. The first kappa shape index (κ1) is 26.1. The van der Waals surface area contributed by atoms with Crippen LogP contribution in [0.5, 0.6) is 17.4 Å². The van der Waals surface area contributed by atoms with Crippen molar-refractivity contribution in [1.29, 1.82) is 0 Å². The summed E-state index contributed by atoms with van der Waals surface area (Å²) in [6.07, 6.45) is 4.82. The lowest BCUT2D eigenvalue weighted by Crippen LogP contribution is -2.22. The first-order valence-electron chi connectivity index (χ1n) is 12.0. The second-order valence-corrected chi connectivity index (χ2v) is 15.4. The number of aromatic nitrogens is 3. The van der Waals surface area contributed by atoms with Gasteiger partial charge in [0.2, 0.25) is 11.8 Å². The van der Waals surface area contributed by atoms with Crippen LogP contribution in [0.4, 0.5) is 5.69 Å². The van der Waals surface area contributed by atoms with Crippen molar-refractivity contribution in [1.82, 2.24) is 14.5 Å². The minimum Gasteiger partial charge on any atom is -0.497 e. The van der Waals surface area contributed by atoms with E-state index in [0.717, 1.165) is 22.9 Å². The molecular weight excluding hydrogens is 484 g/mol. The number of ether oxygens (including phenoxy) is 3. The average Bonchev–Trinajstić information content (AvgIpc) is 3.24. The number of hydrogen-bond acceptors (Lipinski definition) is 6. The van der Waals surface area contributed by atoms with Crippen molar-refractivity contribution in [3.63, 3.8) is 0 Å². The number of fused-ring (bicyclic) bond motifs is 1. The number of amides is 1. The predicted octanol–water partition coefficient (Wildman–Crippen LogP) is 6.34. The number of methoxy groups -OCH3 is 1. The third-order valence-electron chi connectivity index (χ3n) is 5.68. The molecule has 0 atom stereocenters. The Balaban J connectivity index is 1.64. The summed E-state index contributed by atoms with van der Waals surface area (Å²) >= 11 is 0. The Hall–Kier alpha value is -3.95. The molecule has 0 radical (unpaired) electrons. The average molecular weight is 517 g/mol. The van der Waals surface area contributed by atoms with Gasteiger partial charge in [0.15, 0.2) is 5.65 Å². The maximum Gasteiger partial charge on any atom is 0.247 e. The van der Waals surface area contributed by atoms with E-state index in [9.17, 15) is 4.79 Å². The normalized spacial score (nSPS) is 11.4. The molecule has 37 heavy (non-hydrogen) atoms. The summed E-state index contributed by atoms with van der Waals surface area (Å²) < 4.78 is 19.3. The van der Waals surface area contributed by atoms with Crippen molar-refractivity contribution in [2.24, 2.45) is 0 Å². The molecule has 1 amide bonds. The van der Waals surface area contributed by atoms with Gasteiger partial charge in [0.1, 0.15) is 23.7 Å². The van der Waals surface area contributed by atoms with Crippen LogP contribution < -0.4 is 14.8 Å². The molecule has 0 fully saturated rings. The number of carbonyl (C=O) groups is 1. The zero-order valence-corrected chi connectivity index (χ0v) is 22.7. The van der Waals surface area contributed by atoms with Gasteiger partial charge in [0.05, 0.1) is 13.3 Å². The van der Waals surface area contributed by atoms with Gasteiger partial charge in [-0.1, -0.05) is 44.4 Å². The lowest BCUT2D eigenvalue weighted by Gasteiger charge is -2.15. The van der Waals surface area contributed by atoms with E-state index in [0.29, 0.717) is 41.8 Å². The van der Waals surface area contributed by atoms with Crippen molar-refractivity contribution in [2.45, 2.75) is 32.4 Å². The molecule has 9 heteroatoms. The fourth-order valence-corrected chi connectivity index (χ4v) is 4.41. The molecule has 0 aliphatic heterocycles. The van der Waals surface area contributed by atoms with Gasteiger partial charge in [0, 0.05) is 38.2 Å². The molecule has 0 aliphatic rings. The fraction of sp³-hybridized carbons (Fsp3) is 0.250. The zero-order chi connectivity index (χ0) is 26.4. The standard InChI is InChI=1S/C28H32N4O4Si/c1-6-25(33)30-21-8-7-9-23(16-21)36-26-17-29-28-27(31-26)24(20-10-12-22(34-2)13-11-20)18-32(28)19-35-14-15-37(3,4)5/h6-13,16-18H,1,14-15,19H2,2-5H3,(H,30,33). The number of anilines is 1. The van der Waals surface area contributed by atoms with Crippen LogP contribution in [0.3, 0.4) is 0 Å².